The Balaban J connectivity index is 0. The molecule has 0 aliphatic rings. The SMILES string of the molecule is CCC(CC)(CN)C(=O)Nc1ccc(N(C)C)cn1.Cl.Cl. The first-order valence-corrected chi connectivity index (χ1v) is 6.64. The van der Waals surface area contributed by atoms with E-state index < -0.39 is 5.41 Å². The van der Waals surface area contributed by atoms with Gasteiger partial charge in [0.05, 0.1) is 17.3 Å². The van der Waals surface area contributed by atoms with Gasteiger partial charge in [0.2, 0.25) is 5.91 Å². The number of hydrogen-bond acceptors (Lipinski definition) is 4. The van der Waals surface area contributed by atoms with Crippen LogP contribution in [0.2, 0.25) is 0 Å². The molecule has 1 heterocycles. The molecular weight excluding hydrogens is 311 g/mol. The van der Waals surface area contributed by atoms with Gasteiger partial charge in [-0.2, -0.15) is 0 Å². The maximum Gasteiger partial charge on any atom is 0.233 e. The molecule has 0 radical (unpaired) electrons. The van der Waals surface area contributed by atoms with E-state index in [1.807, 2.05) is 38.9 Å². The molecule has 21 heavy (non-hydrogen) atoms. The van der Waals surface area contributed by atoms with Crippen molar-refractivity contribution in [3.05, 3.63) is 18.3 Å². The summed E-state index contributed by atoms with van der Waals surface area (Å²) in [5.41, 5.74) is 6.26. The number of nitrogens with zero attached hydrogens (tertiary/aromatic N) is 2. The van der Waals surface area contributed by atoms with Gasteiger partial charge in [-0.15, -0.1) is 24.8 Å². The van der Waals surface area contributed by atoms with Crippen molar-refractivity contribution >= 4 is 42.2 Å². The van der Waals surface area contributed by atoms with Crippen LogP contribution in [0.25, 0.3) is 0 Å². The first-order valence-electron chi connectivity index (χ1n) is 6.64. The van der Waals surface area contributed by atoms with Crippen LogP contribution in [0.5, 0.6) is 0 Å². The van der Waals surface area contributed by atoms with Crippen molar-refractivity contribution in [1.29, 1.82) is 0 Å². The summed E-state index contributed by atoms with van der Waals surface area (Å²) in [5.74, 6) is 0.514. The summed E-state index contributed by atoms with van der Waals surface area (Å²) in [5, 5.41) is 2.85. The summed E-state index contributed by atoms with van der Waals surface area (Å²) < 4.78 is 0. The lowest BCUT2D eigenvalue weighted by Gasteiger charge is -2.28. The monoisotopic (exact) mass is 336 g/mol. The summed E-state index contributed by atoms with van der Waals surface area (Å²) in [6.45, 7) is 4.32. The molecule has 5 nitrogen and oxygen atoms in total. The number of carbonyl (C=O) groups excluding carboxylic acids is 1. The number of amides is 1. The highest BCUT2D eigenvalue weighted by molar-refractivity contribution is 5.94. The van der Waals surface area contributed by atoms with E-state index in [0.29, 0.717) is 12.4 Å². The first kappa shape index (κ1) is 22.2. The number of carbonyl (C=O) groups is 1. The van der Waals surface area contributed by atoms with Gasteiger partial charge in [0.25, 0.3) is 0 Å². The third-order valence-corrected chi connectivity index (χ3v) is 3.73. The van der Waals surface area contributed by atoms with E-state index in [1.54, 1.807) is 12.3 Å². The number of hydrogen-bond donors (Lipinski definition) is 2. The van der Waals surface area contributed by atoms with E-state index >= 15 is 0 Å². The van der Waals surface area contributed by atoms with Crippen molar-refractivity contribution < 1.29 is 4.79 Å². The van der Waals surface area contributed by atoms with E-state index in [1.165, 1.54) is 0 Å². The van der Waals surface area contributed by atoms with Gasteiger partial charge in [0, 0.05) is 20.6 Å². The van der Waals surface area contributed by atoms with Gasteiger partial charge in [-0.05, 0) is 25.0 Å². The van der Waals surface area contributed by atoms with Crippen LogP contribution in [-0.2, 0) is 4.79 Å². The van der Waals surface area contributed by atoms with Crippen molar-refractivity contribution in [3.8, 4) is 0 Å². The third-order valence-electron chi connectivity index (χ3n) is 3.73. The van der Waals surface area contributed by atoms with Gasteiger partial charge in [-0.3, -0.25) is 4.79 Å². The van der Waals surface area contributed by atoms with Crippen molar-refractivity contribution in [2.45, 2.75) is 26.7 Å². The van der Waals surface area contributed by atoms with Crippen molar-refractivity contribution in [1.82, 2.24) is 4.98 Å². The van der Waals surface area contributed by atoms with Crippen LogP contribution in [0.1, 0.15) is 26.7 Å². The van der Waals surface area contributed by atoms with Crippen LogP contribution in [0.3, 0.4) is 0 Å². The minimum absolute atomic E-state index is 0. The molecule has 0 saturated carbocycles. The Kier molecular flexibility index (Phi) is 10.4. The Labute approximate surface area is 139 Å². The van der Waals surface area contributed by atoms with E-state index in [2.05, 4.69) is 10.3 Å². The molecule has 0 spiro atoms. The predicted octanol–water partition coefficient (Wildman–Crippen LogP) is 2.69. The zero-order valence-electron chi connectivity index (χ0n) is 13.0. The molecule has 0 aliphatic carbocycles. The molecule has 1 amide bonds. The third kappa shape index (κ3) is 5.34. The zero-order valence-corrected chi connectivity index (χ0v) is 14.7. The Hall–Kier alpha value is -1.04. The van der Waals surface area contributed by atoms with Gasteiger partial charge < -0.3 is 16.0 Å². The molecular formula is C14H26Cl2N4O. The molecule has 0 unspecified atom stereocenters. The second kappa shape index (κ2) is 9.82. The van der Waals surface area contributed by atoms with Crippen molar-refractivity contribution in [2.24, 2.45) is 11.1 Å². The molecule has 0 aromatic carbocycles. The number of halogens is 2. The number of nitrogens with one attached hydrogen (secondary N) is 1. The minimum atomic E-state index is -0.498. The number of nitrogens with two attached hydrogens (primary N) is 1. The fraction of sp³-hybridized carbons (Fsp3) is 0.571. The van der Waals surface area contributed by atoms with Crippen LogP contribution in [0.4, 0.5) is 11.5 Å². The zero-order chi connectivity index (χ0) is 14.5. The Morgan fingerprint density at radius 3 is 2.19 bits per heavy atom. The van der Waals surface area contributed by atoms with Crippen LogP contribution >= 0.6 is 24.8 Å². The lowest BCUT2D eigenvalue weighted by Crippen LogP contribution is -2.41. The fourth-order valence-corrected chi connectivity index (χ4v) is 1.93. The highest BCUT2D eigenvalue weighted by atomic mass is 35.5. The van der Waals surface area contributed by atoms with Crippen LogP contribution in [-0.4, -0.2) is 31.5 Å². The summed E-state index contributed by atoms with van der Waals surface area (Å²) in [4.78, 5) is 18.5. The molecule has 1 aromatic rings. The van der Waals surface area contributed by atoms with Crippen molar-refractivity contribution in [3.63, 3.8) is 0 Å². The van der Waals surface area contributed by atoms with Gasteiger partial charge >= 0.3 is 0 Å². The van der Waals surface area contributed by atoms with Gasteiger partial charge in [0.15, 0.2) is 0 Å². The lowest BCUT2D eigenvalue weighted by molar-refractivity contribution is -0.125. The fourth-order valence-electron chi connectivity index (χ4n) is 1.93. The normalized spacial score (nSPS) is 10.1. The molecule has 0 aliphatic heterocycles. The van der Waals surface area contributed by atoms with E-state index in [9.17, 15) is 4.79 Å². The maximum atomic E-state index is 12.3. The van der Waals surface area contributed by atoms with E-state index in [-0.39, 0.29) is 30.7 Å². The lowest BCUT2D eigenvalue weighted by atomic mass is 9.81. The number of aromatic nitrogens is 1. The average molecular weight is 337 g/mol. The van der Waals surface area contributed by atoms with Gasteiger partial charge in [-0.1, -0.05) is 13.8 Å². The standard InChI is InChI=1S/C14H24N4O.2ClH/c1-5-14(6-2,10-15)13(19)17-12-8-7-11(9-16-12)18(3)4;;/h7-9H,5-6,10,15H2,1-4H3,(H,16,17,19);2*1H. The highest BCUT2D eigenvalue weighted by Crippen LogP contribution is 2.26. The largest absolute Gasteiger partial charge is 0.376 e. The molecule has 1 rings (SSSR count). The Morgan fingerprint density at radius 1 is 1.29 bits per heavy atom. The second-order valence-corrected chi connectivity index (χ2v) is 4.94. The van der Waals surface area contributed by atoms with Crippen LogP contribution in [0, 0.1) is 5.41 Å². The second-order valence-electron chi connectivity index (χ2n) is 4.94. The molecule has 3 N–H and O–H groups in total. The summed E-state index contributed by atoms with van der Waals surface area (Å²) in [6.07, 6.45) is 3.18. The van der Waals surface area contributed by atoms with E-state index in [4.69, 9.17) is 5.73 Å². The molecule has 0 saturated heterocycles. The quantitative estimate of drug-likeness (QED) is 0.837. The summed E-state index contributed by atoms with van der Waals surface area (Å²) in [6, 6.07) is 3.73. The topological polar surface area (TPSA) is 71.2 Å². The summed E-state index contributed by atoms with van der Waals surface area (Å²) in [7, 11) is 3.89. The number of rotatable bonds is 6. The molecule has 7 heteroatoms. The number of anilines is 2. The average Bonchev–Trinajstić information content (AvgIpc) is 2.42. The molecule has 1 aromatic heterocycles. The Bertz CT molecular complexity index is 411. The van der Waals surface area contributed by atoms with Crippen molar-refractivity contribution in [2.75, 3.05) is 30.9 Å². The van der Waals surface area contributed by atoms with Crippen LogP contribution < -0.4 is 16.0 Å². The van der Waals surface area contributed by atoms with Gasteiger partial charge in [-0.25, -0.2) is 4.98 Å². The van der Waals surface area contributed by atoms with Gasteiger partial charge in [0.1, 0.15) is 5.82 Å². The highest BCUT2D eigenvalue weighted by Gasteiger charge is 2.33. The predicted molar refractivity (Wildman–Crippen MR) is 93.8 cm³/mol. The summed E-state index contributed by atoms with van der Waals surface area (Å²) >= 11 is 0. The molecule has 122 valence electrons. The smallest absolute Gasteiger partial charge is 0.233 e. The molecule has 0 fully saturated rings. The molecule has 0 bridgehead atoms. The van der Waals surface area contributed by atoms with Crippen LogP contribution in [0.15, 0.2) is 18.3 Å². The first-order chi connectivity index (χ1) is 8.99. The Morgan fingerprint density at radius 2 is 1.86 bits per heavy atom. The van der Waals surface area contributed by atoms with E-state index in [0.717, 1.165) is 18.5 Å². The minimum Gasteiger partial charge on any atom is -0.376 e. The number of pyridine rings is 1. The molecule has 0 atom stereocenters. The maximum absolute atomic E-state index is 12.3.